The van der Waals surface area contributed by atoms with E-state index in [-0.39, 0.29) is 17.9 Å². The Morgan fingerprint density at radius 3 is 2.94 bits per heavy atom. The van der Waals surface area contributed by atoms with Gasteiger partial charge in [0.2, 0.25) is 0 Å². The predicted molar refractivity (Wildman–Crippen MR) is 59.8 cm³/mol. The van der Waals surface area contributed by atoms with Gasteiger partial charge in [0.05, 0.1) is 5.56 Å². The molecule has 1 aromatic heterocycles. The van der Waals surface area contributed by atoms with E-state index in [9.17, 15) is 9.18 Å². The summed E-state index contributed by atoms with van der Waals surface area (Å²) in [5.41, 5.74) is -0.140. The summed E-state index contributed by atoms with van der Waals surface area (Å²) in [5, 5.41) is 11.3. The molecule has 0 atom stereocenters. The molecule has 0 saturated carbocycles. The van der Waals surface area contributed by atoms with Crippen LogP contribution in [0.4, 0.5) is 4.39 Å². The summed E-state index contributed by atoms with van der Waals surface area (Å²) in [4.78, 5) is 14.7. The number of carboxylic acid groups (broad SMARTS) is 1. The van der Waals surface area contributed by atoms with Crippen molar-refractivity contribution in [3.63, 3.8) is 0 Å². The molecule has 0 unspecified atom stereocenters. The molecule has 4 nitrogen and oxygen atoms in total. The highest BCUT2D eigenvalue weighted by molar-refractivity contribution is 7.09. The van der Waals surface area contributed by atoms with Crippen LogP contribution < -0.4 is 4.74 Å². The number of rotatable bonds is 4. The molecular formula is C11H8FNO3S. The third kappa shape index (κ3) is 3.01. The minimum absolute atomic E-state index is 0.140. The first-order valence-corrected chi connectivity index (χ1v) is 5.58. The van der Waals surface area contributed by atoms with Gasteiger partial charge in [0.15, 0.2) is 0 Å². The Morgan fingerprint density at radius 1 is 1.47 bits per heavy atom. The van der Waals surface area contributed by atoms with E-state index in [1.54, 1.807) is 11.6 Å². The van der Waals surface area contributed by atoms with Crippen LogP contribution in [0, 0.1) is 5.82 Å². The molecule has 0 aliphatic rings. The van der Waals surface area contributed by atoms with E-state index in [1.807, 2.05) is 0 Å². The molecule has 0 fully saturated rings. The third-order valence-corrected chi connectivity index (χ3v) is 2.72. The lowest BCUT2D eigenvalue weighted by atomic mass is 10.2. The predicted octanol–water partition coefficient (Wildman–Crippen LogP) is 2.56. The van der Waals surface area contributed by atoms with Crippen LogP contribution in [0.25, 0.3) is 0 Å². The highest BCUT2D eigenvalue weighted by Gasteiger charge is 2.08. The highest BCUT2D eigenvalue weighted by atomic mass is 32.1. The summed E-state index contributed by atoms with van der Waals surface area (Å²) in [6.45, 7) is 0.195. The van der Waals surface area contributed by atoms with Crippen molar-refractivity contribution in [2.75, 3.05) is 0 Å². The number of carboxylic acids is 1. The molecule has 1 heterocycles. The molecule has 1 N–H and O–H groups in total. The van der Waals surface area contributed by atoms with Crippen molar-refractivity contribution < 1.29 is 19.0 Å². The van der Waals surface area contributed by atoms with Crippen LogP contribution in [0.15, 0.2) is 29.8 Å². The number of aromatic carboxylic acids is 1. The molecule has 6 heteroatoms. The van der Waals surface area contributed by atoms with Crippen molar-refractivity contribution in [1.82, 2.24) is 4.98 Å². The molecule has 2 rings (SSSR count). The molecule has 0 bridgehead atoms. The molecule has 2 aromatic rings. The van der Waals surface area contributed by atoms with Gasteiger partial charge in [-0.2, -0.15) is 0 Å². The van der Waals surface area contributed by atoms with Crippen molar-refractivity contribution in [2.24, 2.45) is 0 Å². The number of halogens is 1. The van der Waals surface area contributed by atoms with Crippen molar-refractivity contribution in [3.8, 4) is 5.75 Å². The Kier molecular flexibility index (Phi) is 3.34. The molecule has 0 aliphatic carbocycles. The van der Waals surface area contributed by atoms with Gasteiger partial charge in [-0.3, -0.25) is 0 Å². The maximum Gasteiger partial charge on any atom is 0.335 e. The van der Waals surface area contributed by atoms with E-state index >= 15 is 0 Å². The Morgan fingerprint density at radius 2 is 2.29 bits per heavy atom. The van der Waals surface area contributed by atoms with E-state index < -0.39 is 11.8 Å². The van der Waals surface area contributed by atoms with Gasteiger partial charge in [0.25, 0.3) is 0 Å². The van der Waals surface area contributed by atoms with Gasteiger partial charge >= 0.3 is 5.97 Å². The maximum absolute atomic E-state index is 13.1. The topological polar surface area (TPSA) is 59.4 Å². The molecule has 0 saturated heterocycles. The summed E-state index contributed by atoms with van der Waals surface area (Å²) in [5.74, 6) is -1.65. The van der Waals surface area contributed by atoms with Crippen molar-refractivity contribution in [1.29, 1.82) is 0 Å². The molecular weight excluding hydrogens is 245 g/mol. The van der Waals surface area contributed by atoms with Crippen molar-refractivity contribution >= 4 is 17.3 Å². The maximum atomic E-state index is 13.1. The van der Waals surface area contributed by atoms with Crippen molar-refractivity contribution in [3.05, 3.63) is 46.2 Å². The van der Waals surface area contributed by atoms with Crippen molar-refractivity contribution in [2.45, 2.75) is 6.61 Å². The van der Waals surface area contributed by atoms with Gasteiger partial charge in [-0.1, -0.05) is 0 Å². The quantitative estimate of drug-likeness (QED) is 0.909. The van der Waals surface area contributed by atoms with Crippen LogP contribution in [0.5, 0.6) is 5.75 Å². The first-order valence-electron chi connectivity index (χ1n) is 4.70. The Bertz CT molecular complexity index is 528. The molecule has 0 spiro atoms. The number of hydrogen-bond donors (Lipinski definition) is 1. The normalized spacial score (nSPS) is 10.2. The third-order valence-electron chi connectivity index (χ3n) is 1.96. The number of benzene rings is 1. The van der Waals surface area contributed by atoms with Crippen LogP contribution in [0.2, 0.25) is 0 Å². The molecule has 88 valence electrons. The fraction of sp³-hybridized carbons (Fsp3) is 0.0909. The number of aromatic nitrogens is 1. The fourth-order valence-electron chi connectivity index (χ4n) is 1.24. The van der Waals surface area contributed by atoms with Crippen LogP contribution in [-0.2, 0) is 6.61 Å². The standard InChI is InChI=1S/C11H8FNO3S/c12-8-3-7(11(14)15)4-9(5-8)16-6-10-13-1-2-17-10/h1-5H,6H2,(H,14,15). The van der Waals surface area contributed by atoms with Crippen LogP contribution in [0.1, 0.15) is 15.4 Å². The summed E-state index contributed by atoms with van der Waals surface area (Å²) in [6, 6.07) is 3.36. The minimum atomic E-state index is -1.19. The lowest BCUT2D eigenvalue weighted by molar-refractivity contribution is 0.0695. The number of thiazole rings is 1. The largest absolute Gasteiger partial charge is 0.486 e. The van der Waals surface area contributed by atoms with Crippen LogP contribution in [0.3, 0.4) is 0 Å². The van der Waals surface area contributed by atoms with E-state index in [1.165, 1.54) is 17.4 Å². The summed E-state index contributed by atoms with van der Waals surface area (Å²) in [7, 11) is 0. The van der Waals surface area contributed by atoms with E-state index in [0.29, 0.717) is 0 Å². The molecule has 0 aliphatic heterocycles. The fourth-order valence-corrected chi connectivity index (χ4v) is 1.77. The summed E-state index contributed by atoms with van der Waals surface area (Å²) >= 11 is 1.41. The molecule has 1 aromatic carbocycles. The first kappa shape index (κ1) is 11.5. The summed E-state index contributed by atoms with van der Waals surface area (Å²) in [6.07, 6.45) is 1.64. The van der Waals surface area contributed by atoms with Gasteiger partial charge in [0.1, 0.15) is 23.2 Å². The first-order chi connectivity index (χ1) is 8.15. The molecule has 0 radical (unpaired) electrons. The molecule has 17 heavy (non-hydrogen) atoms. The second kappa shape index (κ2) is 4.92. The zero-order valence-electron chi connectivity index (χ0n) is 8.59. The number of nitrogens with zero attached hydrogens (tertiary/aromatic N) is 1. The lowest BCUT2D eigenvalue weighted by Gasteiger charge is -2.05. The molecule has 0 amide bonds. The zero-order chi connectivity index (χ0) is 12.3. The zero-order valence-corrected chi connectivity index (χ0v) is 9.41. The average molecular weight is 253 g/mol. The average Bonchev–Trinajstić information content (AvgIpc) is 2.78. The van der Waals surface area contributed by atoms with Gasteiger partial charge in [-0.15, -0.1) is 11.3 Å². The Hall–Kier alpha value is -1.95. The Labute approximate surface area is 100 Å². The Balaban J connectivity index is 2.13. The second-order valence-electron chi connectivity index (χ2n) is 3.20. The van der Waals surface area contributed by atoms with Gasteiger partial charge in [0, 0.05) is 17.6 Å². The highest BCUT2D eigenvalue weighted by Crippen LogP contribution is 2.18. The number of hydrogen-bond acceptors (Lipinski definition) is 4. The van der Waals surface area contributed by atoms with Crippen LogP contribution in [-0.4, -0.2) is 16.1 Å². The number of ether oxygens (including phenoxy) is 1. The lowest BCUT2D eigenvalue weighted by Crippen LogP contribution is -2.00. The smallest absolute Gasteiger partial charge is 0.335 e. The van der Waals surface area contributed by atoms with Crippen LogP contribution >= 0.6 is 11.3 Å². The number of carbonyl (C=O) groups is 1. The monoisotopic (exact) mass is 253 g/mol. The van der Waals surface area contributed by atoms with E-state index in [4.69, 9.17) is 9.84 Å². The second-order valence-corrected chi connectivity index (χ2v) is 4.17. The van der Waals surface area contributed by atoms with E-state index in [2.05, 4.69) is 4.98 Å². The minimum Gasteiger partial charge on any atom is -0.486 e. The van der Waals surface area contributed by atoms with E-state index in [0.717, 1.165) is 17.1 Å². The summed E-state index contributed by atoms with van der Waals surface area (Å²) < 4.78 is 18.4. The SMILES string of the molecule is O=C(O)c1cc(F)cc(OCc2nccs2)c1. The van der Waals surface area contributed by atoms with Gasteiger partial charge in [-0.25, -0.2) is 14.2 Å². The van der Waals surface area contributed by atoms with Gasteiger partial charge in [-0.05, 0) is 12.1 Å². The van der Waals surface area contributed by atoms with Gasteiger partial charge < -0.3 is 9.84 Å².